The van der Waals surface area contributed by atoms with E-state index < -0.39 is 10.7 Å². The molecule has 8 heteroatoms. The van der Waals surface area contributed by atoms with Crippen LogP contribution in [0.2, 0.25) is 10.0 Å². The van der Waals surface area contributed by atoms with Gasteiger partial charge in [0.2, 0.25) is 0 Å². The molecule has 0 amide bonds. The third-order valence-electron chi connectivity index (χ3n) is 2.52. The van der Waals surface area contributed by atoms with Crippen molar-refractivity contribution in [2.75, 3.05) is 11.1 Å². The van der Waals surface area contributed by atoms with Crippen molar-refractivity contribution >= 4 is 46.0 Å². The summed E-state index contributed by atoms with van der Waals surface area (Å²) in [5.74, 6) is -0.761. The molecule has 0 atom stereocenters. The Kier molecular flexibility index (Phi) is 3.96. The fourth-order valence-electron chi connectivity index (χ4n) is 1.53. The Hall–Kier alpha value is -2.05. The molecule has 0 bridgehead atoms. The van der Waals surface area contributed by atoms with E-state index in [2.05, 4.69) is 5.32 Å². The lowest BCUT2D eigenvalue weighted by Crippen LogP contribution is -1.97. The van der Waals surface area contributed by atoms with Crippen molar-refractivity contribution in [2.45, 2.75) is 0 Å². The van der Waals surface area contributed by atoms with Gasteiger partial charge in [0, 0.05) is 11.8 Å². The number of nitro benzene ring substituents is 1. The van der Waals surface area contributed by atoms with Gasteiger partial charge >= 0.3 is 0 Å². The molecule has 104 valence electrons. The number of nitro groups is 1. The van der Waals surface area contributed by atoms with Crippen LogP contribution in [0.4, 0.5) is 27.1 Å². The predicted molar refractivity (Wildman–Crippen MR) is 77.2 cm³/mol. The SMILES string of the molecule is Nc1c(Cl)cc(Nc2ccc([N+](=O)[O-])cc2F)cc1Cl. The van der Waals surface area contributed by atoms with Crippen molar-refractivity contribution < 1.29 is 9.31 Å². The van der Waals surface area contributed by atoms with E-state index in [1.807, 2.05) is 0 Å². The molecule has 2 rings (SSSR count). The van der Waals surface area contributed by atoms with Crippen molar-refractivity contribution in [3.63, 3.8) is 0 Å². The number of non-ortho nitro benzene ring substituents is 1. The van der Waals surface area contributed by atoms with E-state index in [1.165, 1.54) is 24.3 Å². The quantitative estimate of drug-likeness (QED) is 0.500. The van der Waals surface area contributed by atoms with Crippen LogP contribution in [0, 0.1) is 15.9 Å². The second kappa shape index (κ2) is 5.52. The van der Waals surface area contributed by atoms with Crippen molar-refractivity contribution in [2.24, 2.45) is 0 Å². The molecular formula is C12H8Cl2FN3O2. The van der Waals surface area contributed by atoms with Crippen LogP contribution in [0.5, 0.6) is 0 Å². The number of nitrogens with one attached hydrogen (secondary N) is 1. The lowest BCUT2D eigenvalue weighted by Gasteiger charge is -2.10. The van der Waals surface area contributed by atoms with Gasteiger partial charge < -0.3 is 11.1 Å². The fourth-order valence-corrected chi connectivity index (χ4v) is 2.02. The van der Waals surface area contributed by atoms with Gasteiger partial charge in [-0.05, 0) is 18.2 Å². The summed E-state index contributed by atoms with van der Waals surface area (Å²) in [6.45, 7) is 0. The molecule has 5 nitrogen and oxygen atoms in total. The monoisotopic (exact) mass is 315 g/mol. The van der Waals surface area contributed by atoms with Gasteiger partial charge in [-0.2, -0.15) is 0 Å². The van der Waals surface area contributed by atoms with Gasteiger partial charge in [0.15, 0.2) is 5.82 Å². The summed E-state index contributed by atoms with van der Waals surface area (Å²) in [5.41, 5.74) is 5.96. The first kappa shape index (κ1) is 14.4. The third kappa shape index (κ3) is 2.92. The summed E-state index contributed by atoms with van der Waals surface area (Å²) >= 11 is 11.7. The number of hydrogen-bond donors (Lipinski definition) is 2. The molecule has 3 N–H and O–H groups in total. The topological polar surface area (TPSA) is 81.2 Å². The third-order valence-corrected chi connectivity index (χ3v) is 3.15. The Bertz CT molecular complexity index is 671. The normalized spacial score (nSPS) is 10.3. The number of nitrogens with two attached hydrogens (primary N) is 1. The zero-order valence-corrected chi connectivity index (χ0v) is 11.4. The van der Waals surface area contributed by atoms with Crippen molar-refractivity contribution in [1.29, 1.82) is 0 Å². The minimum Gasteiger partial charge on any atom is -0.396 e. The van der Waals surface area contributed by atoms with Gasteiger partial charge in [-0.25, -0.2) is 4.39 Å². The van der Waals surface area contributed by atoms with E-state index in [0.29, 0.717) is 5.69 Å². The van der Waals surface area contributed by atoms with Crippen LogP contribution < -0.4 is 11.1 Å². The fraction of sp³-hybridized carbons (Fsp3) is 0. The highest BCUT2D eigenvalue weighted by atomic mass is 35.5. The van der Waals surface area contributed by atoms with Gasteiger partial charge in [0.05, 0.1) is 32.4 Å². The minimum absolute atomic E-state index is 0.0625. The van der Waals surface area contributed by atoms with Crippen LogP contribution in [-0.4, -0.2) is 4.92 Å². The summed E-state index contributed by atoms with van der Waals surface area (Å²) < 4.78 is 13.7. The summed E-state index contributed by atoms with van der Waals surface area (Å²) in [6.07, 6.45) is 0. The van der Waals surface area contributed by atoms with Crippen molar-refractivity contribution in [1.82, 2.24) is 0 Å². The molecule has 0 aliphatic rings. The Morgan fingerprint density at radius 2 is 1.80 bits per heavy atom. The molecular weight excluding hydrogens is 308 g/mol. The van der Waals surface area contributed by atoms with Crippen LogP contribution >= 0.6 is 23.2 Å². The molecule has 0 saturated carbocycles. The predicted octanol–water partition coefficient (Wildman–Crippen LogP) is 4.37. The number of nitrogens with zero attached hydrogens (tertiary/aromatic N) is 1. The van der Waals surface area contributed by atoms with E-state index in [0.717, 1.165) is 6.07 Å². The summed E-state index contributed by atoms with van der Waals surface area (Å²) in [5, 5.41) is 13.7. The molecule has 2 aromatic carbocycles. The number of halogens is 3. The summed E-state index contributed by atoms with van der Waals surface area (Å²) in [4.78, 5) is 9.84. The average molecular weight is 316 g/mol. The van der Waals surface area contributed by atoms with Crippen LogP contribution in [-0.2, 0) is 0 Å². The van der Waals surface area contributed by atoms with E-state index in [9.17, 15) is 14.5 Å². The molecule has 0 heterocycles. The number of anilines is 3. The van der Waals surface area contributed by atoms with E-state index in [-0.39, 0.29) is 27.1 Å². The summed E-state index contributed by atoms with van der Waals surface area (Å²) in [6, 6.07) is 6.22. The van der Waals surface area contributed by atoms with Crippen LogP contribution in [0.3, 0.4) is 0 Å². The van der Waals surface area contributed by atoms with Gasteiger partial charge in [0.25, 0.3) is 5.69 Å². The molecule has 20 heavy (non-hydrogen) atoms. The first-order valence-corrected chi connectivity index (χ1v) is 6.09. The smallest absolute Gasteiger partial charge is 0.272 e. The molecule has 0 radical (unpaired) electrons. The molecule has 0 unspecified atom stereocenters. The van der Waals surface area contributed by atoms with E-state index >= 15 is 0 Å². The Morgan fingerprint density at radius 1 is 1.20 bits per heavy atom. The second-order valence-corrected chi connectivity index (χ2v) is 4.71. The molecule has 0 spiro atoms. The Balaban J connectivity index is 2.33. The maximum Gasteiger partial charge on any atom is 0.272 e. The zero-order valence-electron chi connectivity index (χ0n) is 9.86. The van der Waals surface area contributed by atoms with Crippen LogP contribution in [0.15, 0.2) is 30.3 Å². The van der Waals surface area contributed by atoms with E-state index in [4.69, 9.17) is 28.9 Å². The molecule has 0 aliphatic carbocycles. The van der Waals surface area contributed by atoms with Gasteiger partial charge in [0.1, 0.15) is 0 Å². The number of rotatable bonds is 3. The number of hydrogen-bond acceptors (Lipinski definition) is 4. The van der Waals surface area contributed by atoms with Crippen LogP contribution in [0.25, 0.3) is 0 Å². The van der Waals surface area contributed by atoms with Crippen LogP contribution in [0.1, 0.15) is 0 Å². The number of benzene rings is 2. The number of nitrogen functional groups attached to an aromatic ring is 1. The average Bonchev–Trinajstić information content (AvgIpc) is 2.38. The first-order chi connectivity index (χ1) is 9.38. The molecule has 2 aromatic rings. The van der Waals surface area contributed by atoms with Crippen molar-refractivity contribution in [3.8, 4) is 0 Å². The lowest BCUT2D eigenvalue weighted by atomic mass is 10.2. The molecule has 0 saturated heterocycles. The largest absolute Gasteiger partial charge is 0.396 e. The van der Waals surface area contributed by atoms with E-state index in [1.54, 1.807) is 0 Å². The maximum atomic E-state index is 13.7. The van der Waals surface area contributed by atoms with Gasteiger partial charge in [-0.15, -0.1) is 0 Å². The summed E-state index contributed by atoms with van der Waals surface area (Å²) in [7, 11) is 0. The Labute approximate surface area is 123 Å². The maximum absolute atomic E-state index is 13.7. The lowest BCUT2D eigenvalue weighted by molar-refractivity contribution is -0.385. The standard InChI is InChI=1S/C12H8Cl2FN3O2/c13-8-3-6(4-9(14)12(8)16)17-11-2-1-7(18(19)20)5-10(11)15/h1-5,17H,16H2. The first-order valence-electron chi connectivity index (χ1n) is 5.34. The second-order valence-electron chi connectivity index (χ2n) is 3.90. The minimum atomic E-state index is -0.761. The molecule has 0 aromatic heterocycles. The van der Waals surface area contributed by atoms with Crippen molar-refractivity contribution in [3.05, 3.63) is 56.3 Å². The highest BCUT2D eigenvalue weighted by molar-refractivity contribution is 6.39. The zero-order chi connectivity index (χ0) is 14.9. The molecule has 0 aliphatic heterocycles. The highest BCUT2D eigenvalue weighted by Gasteiger charge is 2.12. The molecule has 0 fully saturated rings. The Morgan fingerprint density at radius 3 is 2.30 bits per heavy atom. The highest BCUT2D eigenvalue weighted by Crippen LogP contribution is 2.33. The van der Waals surface area contributed by atoms with Gasteiger partial charge in [-0.1, -0.05) is 23.2 Å². The van der Waals surface area contributed by atoms with Gasteiger partial charge in [-0.3, -0.25) is 10.1 Å².